The highest BCUT2D eigenvalue weighted by Crippen LogP contribution is 2.16. The van der Waals surface area contributed by atoms with E-state index in [4.69, 9.17) is 0 Å². The third kappa shape index (κ3) is 4.56. The van der Waals surface area contributed by atoms with E-state index in [1.165, 1.54) is 5.56 Å². The van der Waals surface area contributed by atoms with Crippen LogP contribution in [0.3, 0.4) is 0 Å². The molecule has 1 atom stereocenters. The molecule has 1 aromatic carbocycles. The molecule has 0 spiro atoms. The summed E-state index contributed by atoms with van der Waals surface area (Å²) >= 11 is 0. The van der Waals surface area contributed by atoms with Crippen molar-refractivity contribution < 1.29 is 4.79 Å². The van der Waals surface area contributed by atoms with Crippen molar-refractivity contribution in [1.82, 2.24) is 10.2 Å². The lowest BCUT2D eigenvalue weighted by Crippen LogP contribution is -2.36. The third-order valence-corrected chi connectivity index (χ3v) is 3.27. The lowest BCUT2D eigenvalue weighted by Gasteiger charge is -2.22. The van der Waals surface area contributed by atoms with Crippen molar-refractivity contribution >= 4 is 11.7 Å². The maximum Gasteiger partial charge on any atom is 0.321 e. The van der Waals surface area contributed by atoms with Gasteiger partial charge in [-0.25, -0.2) is 4.79 Å². The van der Waals surface area contributed by atoms with Crippen LogP contribution in [0.1, 0.15) is 39.3 Å². The first-order chi connectivity index (χ1) is 8.95. The maximum atomic E-state index is 11.9. The second-order valence-electron chi connectivity index (χ2n) is 5.04. The SMILES string of the molecule is CCNC(C)c1ccc(NC(=O)N(C)C(C)C)cc1. The van der Waals surface area contributed by atoms with E-state index in [0.717, 1.165) is 12.2 Å². The van der Waals surface area contributed by atoms with Crippen molar-refractivity contribution in [3.05, 3.63) is 29.8 Å². The highest BCUT2D eigenvalue weighted by Gasteiger charge is 2.11. The van der Waals surface area contributed by atoms with Crippen LogP contribution in [0.5, 0.6) is 0 Å². The van der Waals surface area contributed by atoms with Gasteiger partial charge in [0.05, 0.1) is 0 Å². The number of amides is 2. The summed E-state index contributed by atoms with van der Waals surface area (Å²) in [5.41, 5.74) is 2.04. The Labute approximate surface area is 116 Å². The van der Waals surface area contributed by atoms with Crippen molar-refractivity contribution in [3.8, 4) is 0 Å². The van der Waals surface area contributed by atoms with E-state index in [-0.39, 0.29) is 12.1 Å². The molecule has 19 heavy (non-hydrogen) atoms. The first-order valence-corrected chi connectivity index (χ1v) is 6.82. The van der Waals surface area contributed by atoms with Crippen LogP contribution in [0, 0.1) is 0 Å². The quantitative estimate of drug-likeness (QED) is 0.856. The van der Waals surface area contributed by atoms with Crippen molar-refractivity contribution in [2.75, 3.05) is 18.9 Å². The van der Waals surface area contributed by atoms with Crippen LogP contribution in [0.25, 0.3) is 0 Å². The summed E-state index contributed by atoms with van der Waals surface area (Å²) in [6.07, 6.45) is 0. The molecule has 2 N–H and O–H groups in total. The topological polar surface area (TPSA) is 44.4 Å². The van der Waals surface area contributed by atoms with Crippen LogP contribution in [0.15, 0.2) is 24.3 Å². The number of benzene rings is 1. The van der Waals surface area contributed by atoms with Crippen LogP contribution in [-0.2, 0) is 0 Å². The van der Waals surface area contributed by atoms with E-state index in [1.54, 1.807) is 11.9 Å². The predicted molar refractivity (Wildman–Crippen MR) is 80.5 cm³/mol. The highest BCUT2D eigenvalue weighted by molar-refractivity contribution is 5.89. The molecular formula is C15H25N3O. The third-order valence-electron chi connectivity index (χ3n) is 3.27. The normalized spacial score (nSPS) is 12.3. The number of anilines is 1. The molecule has 0 saturated carbocycles. The van der Waals surface area contributed by atoms with Gasteiger partial charge in [-0.1, -0.05) is 19.1 Å². The van der Waals surface area contributed by atoms with Gasteiger partial charge in [0.1, 0.15) is 0 Å². The molecule has 0 aliphatic heterocycles. The summed E-state index contributed by atoms with van der Waals surface area (Å²) in [5.74, 6) is 0. The number of carbonyl (C=O) groups excluding carboxylic acids is 1. The Hall–Kier alpha value is -1.55. The van der Waals surface area contributed by atoms with Crippen molar-refractivity contribution in [2.24, 2.45) is 0 Å². The van der Waals surface area contributed by atoms with Crippen molar-refractivity contribution in [2.45, 2.75) is 39.8 Å². The average molecular weight is 263 g/mol. The van der Waals surface area contributed by atoms with Gasteiger partial charge in [-0.2, -0.15) is 0 Å². The van der Waals surface area contributed by atoms with Gasteiger partial charge in [0.25, 0.3) is 0 Å². The van der Waals surface area contributed by atoms with Gasteiger partial charge < -0.3 is 15.5 Å². The second-order valence-corrected chi connectivity index (χ2v) is 5.04. The van der Waals surface area contributed by atoms with E-state index in [1.807, 2.05) is 38.1 Å². The van der Waals surface area contributed by atoms with Gasteiger partial charge in [-0.3, -0.25) is 0 Å². The summed E-state index contributed by atoms with van der Waals surface area (Å²) in [4.78, 5) is 13.6. The highest BCUT2D eigenvalue weighted by atomic mass is 16.2. The van der Waals surface area contributed by atoms with Crippen molar-refractivity contribution in [1.29, 1.82) is 0 Å². The van der Waals surface area contributed by atoms with Crippen LogP contribution < -0.4 is 10.6 Å². The second kappa shape index (κ2) is 7.14. The van der Waals surface area contributed by atoms with Crippen LogP contribution in [0.4, 0.5) is 10.5 Å². The Morgan fingerprint density at radius 3 is 2.26 bits per heavy atom. The Balaban J connectivity index is 2.64. The largest absolute Gasteiger partial charge is 0.325 e. The molecule has 0 fully saturated rings. The van der Waals surface area contributed by atoms with E-state index < -0.39 is 0 Å². The fraction of sp³-hybridized carbons (Fsp3) is 0.533. The molecule has 0 heterocycles. The Morgan fingerprint density at radius 2 is 1.79 bits per heavy atom. The number of nitrogens with zero attached hydrogens (tertiary/aromatic N) is 1. The summed E-state index contributed by atoms with van der Waals surface area (Å²) in [6, 6.07) is 8.39. The Bertz CT molecular complexity index is 400. The fourth-order valence-electron chi connectivity index (χ4n) is 1.73. The Morgan fingerprint density at radius 1 is 1.21 bits per heavy atom. The molecule has 0 aliphatic rings. The smallest absolute Gasteiger partial charge is 0.321 e. The first kappa shape index (κ1) is 15.5. The molecule has 2 amide bonds. The number of carbonyl (C=O) groups is 1. The summed E-state index contributed by atoms with van der Waals surface area (Å²) in [6.45, 7) is 9.14. The average Bonchev–Trinajstić information content (AvgIpc) is 2.38. The Kier molecular flexibility index (Phi) is 5.83. The molecule has 0 radical (unpaired) electrons. The number of nitrogens with one attached hydrogen (secondary N) is 2. The molecule has 0 aromatic heterocycles. The van der Waals surface area contributed by atoms with E-state index >= 15 is 0 Å². The molecule has 0 aliphatic carbocycles. The lowest BCUT2D eigenvalue weighted by molar-refractivity contribution is 0.211. The first-order valence-electron chi connectivity index (χ1n) is 6.82. The molecule has 106 valence electrons. The summed E-state index contributed by atoms with van der Waals surface area (Å²) < 4.78 is 0. The van der Waals surface area contributed by atoms with Crippen LogP contribution in [-0.4, -0.2) is 30.6 Å². The molecule has 1 rings (SSSR count). The van der Waals surface area contributed by atoms with E-state index in [9.17, 15) is 4.79 Å². The van der Waals surface area contributed by atoms with Crippen LogP contribution in [0.2, 0.25) is 0 Å². The molecule has 0 saturated heterocycles. The molecule has 4 heteroatoms. The minimum atomic E-state index is -0.0810. The van der Waals surface area contributed by atoms with E-state index in [2.05, 4.69) is 24.5 Å². The number of hydrogen-bond acceptors (Lipinski definition) is 2. The lowest BCUT2D eigenvalue weighted by atomic mass is 10.1. The standard InChI is InChI=1S/C15H25N3O/c1-6-16-12(4)13-7-9-14(10-8-13)17-15(19)18(5)11(2)3/h7-12,16H,6H2,1-5H3,(H,17,19). The van der Waals surface area contributed by atoms with Gasteiger partial charge in [0.2, 0.25) is 0 Å². The monoisotopic (exact) mass is 263 g/mol. The summed E-state index contributed by atoms with van der Waals surface area (Å²) in [5, 5.41) is 6.25. The van der Waals surface area contributed by atoms with Crippen LogP contribution >= 0.6 is 0 Å². The van der Waals surface area contributed by atoms with Crippen molar-refractivity contribution in [3.63, 3.8) is 0 Å². The molecule has 4 nitrogen and oxygen atoms in total. The minimum absolute atomic E-state index is 0.0810. The molecule has 1 aromatic rings. The number of hydrogen-bond donors (Lipinski definition) is 2. The van der Waals surface area contributed by atoms with Gasteiger partial charge in [-0.15, -0.1) is 0 Å². The zero-order valence-corrected chi connectivity index (χ0v) is 12.5. The molecule has 0 bridgehead atoms. The molecular weight excluding hydrogens is 238 g/mol. The van der Waals surface area contributed by atoms with Gasteiger partial charge in [0.15, 0.2) is 0 Å². The van der Waals surface area contributed by atoms with Gasteiger partial charge >= 0.3 is 6.03 Å². The zero-order valence-electron chi connectivity index (χ0n) is 12.5. The number of urea groups is 1. The zero-order chi connectivity index (χ0) is 14.4. The maximum absolute atomic E-state index is 11.9. The van der Waals surface area contributed by atoms with Gasteiger partial charge in [0, 0.05) is 24.8 Å². The predicted octanol–water partition coefficient (Wildman–Crippen LogP) is 3.23. The fourth-order valence-corrected chi connectivity index (χ4v) is 1.73. The minimum Gasteiger partial charge on any atom is -0.325 e. The molecule has 1 unspecified atom stereocenters. The number of rotatable bonds is 5. The van der Waals surface area contributed by atoms with Gasteiger partial charge in [-0.05, 0) is 45.0 Å². The summed E-state index contributed by atoms with van der Waals surface area (Å²) in [7, 11) is 1.79. The van der Waals surface area contributed by atoms with E-state index in [0.29, 0.717) is 6.04 Å².